The van der Waals surface area contributed by atoms with Crippen LogP contribution < -0.4 is 0 Å². The summed E-state index contributed by atoms with van der Waals surface area (Å²) in [4.78, 5) is 0. The van der Waals surface area contributed by atoms with E-state index in [2.05, 4.69) is 107 Å². The van der Waals surface area contributed by atoms with Gasteiger partial charge in [0.2, 0.25) is 0 Å². The minimum absolute atomic E-state index is 1.23. The molecule has 0 aliphatic heterocycles. The van der Waals surface area contributed by atoms with Gasteiger partial charge in [-0.05, 0) is 24.3 Å². The number of para-hydroxylation sites is 4. The molecular weight excluding hydrogens is 328 g/mol. The lowest BCUT2D eigenvalue weighted by molar-refractivity contribution is 1.00. The van der Waals surface area contributed by atoms with Gasteiger partial charge in [0.1, 0.15) is 0 Å². The summed E-state index contributed by atoms with van der Waals surface area (Å²) in [7, 11) is 2.17. The minimum Gasteiger partial charge on any atom is -0.342 e. The Morgan fingerprint density at radius 2 is 0.963 bits per heavy atom. The van der Waals surface area contributed by atoms with E-state index in [-0.39, 0.29) is 0 Å². The molecular formula is C25H18N2. The van der Waals surface area contributed by atoms with Crippen molar-refractivity contribution in [1.82, 2.24) is 9.13 Å². The molecule has 0 N–H and O–H groups in total. The zero-order valence-electron chi connectivity index (χ0n) is 15.1. The van der Waals surface area contributed by atoms with Gasteiger partial charge in [-0.15, -0.1) is 0 Å². The fourth-order valence-electron chi connectivity index (χ4n) is 4.58. The van der Waals surface area contributed by atoms with Crippen molar-refractivity contribution in [3.05, 3.63) is 91.0 Å². The summed E-state index contributed by atoms with van der Waals surface area (Å²) in [6.07, 6.45) is 0. The molecule has 0 fully saturated rings. The highest BCUT2D eigenvalue weighted by Gasteiger charge is 2.16. The number of nitrogens with zero attached hydrogens (tertiary/aromatic N) is 2. The smallest absolute Gasteiger partial charge is 0.0733 e. The van der Waals surface area contributed by atoms with Crippen molar-refractivity contribution in [1.29, 1.82) is 0 Å². The summed E-state index contributed by atoms with van der Waals surface area (Å²) >= 11 is 0. The molecule has 0 aliphatic carbocycles. The van der Waals surface area contributed by atoms with E-state index >= 15 is 0 Å². The Labute approximate surface area is 156 Å². The molecule has 128 valence electrons. The highest BCUT2D eigenvalue weighted by molar-refractivity contribution is 6.14. The first-order valence-electron chi connectivity index (χ1n) is 9.29. The Balaban J connectivity index is 1.87. The molecule has 0 spiro atoms. The second kappa shape index (κ2) is 5.24. The van der Waals surface area contributed by atoms with E-state index in [1.807, 2.05) is 0 Å². The highest BCUT2D eigenvalue weighted by atomic mass is 15.0. The Hall–Kier alpha value is -3.52. The summed E-state index contributed by atoms with van der Waals surface area (Å²) in [6.45, 7) is 0. The first-order chi connectivity index (χ1) is 13.3. The summed E-state index contributed by atoms with van der Waals surface area (Å²) in [5.41, 5.74) is 6.25. The van der Waals surface area contributed by atoms with E-state index in [9.17, 15) is 0 Å². The van der Waals surface area contributed by atoms with E-state index < -0.39 is 0 Å². The Morgan fingerprint density at radius 1 is 0.481 bits per heavy atom. The molecule has 0 aliphatic rings. The minimum atomic E-state index is 1.23. The molecule has 0 atom stereocenters. The summed E-state index contributed by atoms with van der Waals surface area (Å²) in [6, 6.07) is 32.7. The molecule has 0 unspecified atom stereocenters. The molecule has 2 nitrogen and oxygen atoms in total. The first kappa shape index (κ1) is 14.6. The molecule has 0 saturated carbocycles. The number of fused-ring (bicyclic) bond motifs is 6. The lowest BCUT2D eigenvalue weighted by Gasteiger charge is -2.11. The molecule has 2 aromatic heterocycles. The number of hydrogen-bond acceptors (Lipinski definition) is 0. The Bertz CT molecular complexity index is 1430. The van der Waals surface area contributed by atoms with Crippen LogP contribution >= 0.6 is 0 Å². The molecule has 0 amide bonds. The largest absolute Gasteiger partial charge is 0.342 e. The quantitative estimate of drug-likeness (QED) is 0.325. The van der Waals surface area contributed by atoms with Crippen molar-refractivity contribution in [2.75, 3.05) is 0 Å². The maximum absolute atomic E-state index is 2.41. The van der Waals surface area contributed by atoms with Crippen molar-refractivity contribution in [2.24, 2.45) is 7.05 Å². The van der Waals surface area contributed by atoms with Crippen LogP contribution in [0.25, 0.3) is 49.3 Å². The van der Waals surface area contributed by atoms with Crippen LogP contribution in [0.4, 0.5) is 0 Å². The second-order valence-corrected chi connectivity index (χ2v) is 7.12. The van der Waals surface area contributed by atoms with Crippen LogP contribution in [-0.4, -0.2) is 9.13 Å². The fourth-order valence-corrected chi connectivity index (χ4v) is 4.58. The van der Waals surface area contributed by atoms with Crippen LogP contribution in [0.3, 0.4) is 0 Å². The van der Waals surface area contributed by atoms with Crippen LogP contribution in [0.15, 0.2) is 91.0 Å². The van der Waals surface area contributed by atoms with Gasteiger partial charge in [-0.3, -0.25) is 0 Å². The first-order valence-corrected chi connectivity index (χ1v) is 9.29. The predicted octanol–water partition coefficient (Wildman–Crippen LogP) is 6.43. The van der Waals surface area contributed by atoms with Gasteiger partial charge in [-0.1, -0.05) is 66.7 Å². The van der Waals surface area contributed by atoms with E-state index in [0.717, 1.165) is 0 Å². The number of benzene rings is 4. The van der Waals surface area contributed by atoms with Gasteiger partial charge in [-0.2, -0.15) is 0 Å². The van der Waals surface area contributed by atoms with Crippen LogP contribution in [0, 0.1) is 0 Å². The molecule has 0 radical (unpaired) electrons. The van der Waals surface area contributed by atoms with Gasteiger partial charge < -0.3 is 9.13 Å². The predicted molar refractivity (Wildman–Crippen MR) is 115 cm³/mol. The molecule has 6 rings (SSSR count). The number of hydrogen-bond donors (Lipinski definition) is 0. The van der Waals surface area contributed by atoms with Crippen LogP contribution in [0.5, 0.6) is 0 Å². The SMILES string of the molecule is Cn1c2ccccc2c2cccc(-n3c4ccccc4c4ccccc43)c21. The lowest BCUT2D eigenvalue weighted by Crippen LogP contribution is -1.98. The van der Waals surface area contributed by atoms with E-state index in [1.54, 1.807) is 0 Å². The van der Waals surface area contributed by atoms with Crippen molar-refractivity contribution in [3.63, 3.8) is 0 Å². The van der Waals surface area contributed by atoms with Crippen molar-refractivity contribution in [2.45, 2.75) is 0 Å². The van der Waals surface area contributed by atoms with Gasteiger partial charge in [-0.25, -0.2) is 0 Å². The summed E-state index contributed by atoms with van der Waals surface area (Å²) in [5.74, 6) is 0. The Kier molecular flexibility index (Phi) is 2.84. The third-order valence-corrected chi connectivity index (χ3v) is 5.73. The van der Waals surface area contributed by atoms with Crippen LogP contribution in [-0.2, 0) is 7.05 Å². The second-order valence-electron chi connectivity index (χ2n) is 7.12. The third kappa shape index (κ3) is 1.85. The van der Waals surface area contributed by atoms with Gasteiger partial charge in [0.15, 0.2) is 0 Å². The molecule has 0 saturated heterocycles. The number of aromatic nitrogens is 2. The van der Waals surface area contributed by atoms with E-state index in [0.29, 0.717) is 0 Å². The fraction of sp³-hybridized carbons (Fsp3) is 0.0400. The summed E-state index contributed by atoms with van der Waals surface area (Å²) < 4.78 is 4.73. The number of rotatable bonds is 1. The standard InChI is InChI=1S/C25H18N2/c1-26-21-13-5-2-11-19(21)20-12-8-16-24(25(20)26)27-22-14-6-3-9-17(22)18-10-4-7-15-23(18)27/h2-16H,1H3. The lowest BCUT2D eigenvalue weighted by atomic mass is 10.1. The van der Waals surface area contributed by atoms with E-state index in [4.69, 9.17) is 0 Å². The van der Waals surface area contributed by atoms with Crippen molar-refractivity contribution < 1.29 is 0 Å². The average Bonchev–Trinajstić information content (AvgIpc) is 3.22. The maximum atomic E-state index is 2.41. The van der Waals surface area contributed by atoms with Gasteiger partial charge in [0.05, 0.1) is 22.2 Å². The monoisotopic (exact) mass is 346 g/mol. The van der Waals surface area contributed by atoms with E-state index in [1.165, 1.54) is 49.3 Å². The average molecular weight is 346 g/mol. The highest BCUT2D eigenvalue weighted by Crippen LogP contribution is 2.37. The van der Waals surface area contributed by atoms with Crippen molar-refractivity contribution >= 4 is 43.6 Å². The molecule has 0 bridgehead atoms. The van der Waals surface area contributed by atoms with Crippen LogP contribution in [0.1, 0.15) is 0 Å². The van der Waals surface area contributed by atoms with Gasteiger partial charge in [0, 0.05) is 34.1 Å². The molecule has 2 heterocycles. The molecule has 6 aromatic rings. The summed E-state index contributed by atoms with van der Waals surface area (Å²) in [5, 5.41) is 5.19. The van der Waals surface area contributed by atoms with Crippen molar-refractivity contribution in [3.8, 4) is 5.69 Å². The molecule has 2 heteroatoms. The normalized spacial score (nSPS) is 11.9. The topological polar surface area (TPSA) is 9.86 Å². The maximum Gasteiger partial charge on any atom is 0.0733 e. The van der Waals surface area contributed by atoms with Gasteiger partial charge in [0.25, 0.3) is 0 Å². The molecule has 27 heavy (non-hydrogen) atoms. The van der Waals surface area contributed by atoms with Crippen LogP contribution in [0.2, 0.25) is 0 Å². The third-order valence-electron chi connectivity index (χ3n) is 5.73. The van der Waals surface area contributed by atoms with Gasteiger partial charge >= 0.3 is 0 Å². The Morgan fingerprint density at radius 3 is 1.59 bits per heavy atom. The number of aryl methyl sites for hydroxylation is 1. The molecule has 4 aromatic carbocycles. The zero-order valence-corrected chi connectivity index (χ0v) is 15.1. The zero-order chi connectivity index (χ0) is 18.0.